The number of fused-ring (bicyclic) bond motifs is 1. The Morgan fingerprint density at radius 2 is 1.94 bits per heavy atom. The fourth-order valence-corrected chi connectivity index (χ4v) is 5.56. The van der Waals surface area contributed by atoms with Gasteiger partial charge in [-0.1, -0.05) is 0 Å². The number of amides is 1. The zero-order chi connectivity index (χ0) is 22.1. The summed E-state index contributed by atoms with van der Waals surface area (Å²) in [6, 6.07) is 4.06. The number of carbonyl (C=O) groups is 1. The Kier molecular flexibility index (Phi) is 6.22. The topological polar surface area (TPSA) is 107 Å². The van der Waals surface area contributed by atoms with Crippen molar-refractivity contribution in [3.8, 4) is 0 Å². The van der Waals surface area contributed by atoms with E-state index in [4.69, 9.17) is 4.98 Å². The van der Waals surface area contributed by atoms with Crippen molar-refractivity contribution in [3.05, 3.63) is 23.2 Å². The van der Waals surface area contributed by atoms with Gasteiger partial charge in [-0.05, 0) is 55.7 Å². The summed E-state index contributed by atoms with van der Waals surface area (Å²) < 4.78 is 5.39. The van der Waals surface area contributed by atoms with Gasteiger partial charge in [-0.15, -0.1) is 11.3 Å². The Balaban J connectivity index is 1.31. The summed E-state index contributed by atoms with van der Waals surface area (Å²) in [7, 11) is 2.07. The molecule has 4 heterocycles. The monoisotopic (exact) mass is 473 g/mol. The number of hydrogen-bond acceptors (Lipinski definition) is 10. The lowest BCUT2D eigenvalue weighted by atomic mass is 9.93. The normalized spacial score (nSPS) is 22.2. The molecule has 0 aromatic carbocycles. The second-order valence-electron chi connectivity index (χ2n) is 8.48. The van der Waals surface area contributed by atoms with Gasteiger partial charge >= 0.3 is 0 Å². The number of likely N-dealkylation sites (N-methyl/N-ethyl adjacent to an activating group) is 1. The summed E-state index contributed by atoms with van der Waals surface area (Å²) in [5.41, 5.74) is 1.34. The maximum atomic E-state index is 12.8. The Morgan fingerprint density at radius 1 is 1.16 bits per heavy atom. The van der Waals surface area contributed by atoms with Gasteiger partial charge in [0.1, 0.15) is 16.5 Å². The van der Waals surface area contributed by atoms with Crippen LogP contribution in [0.25, 0.3) is 10.2 Å². The molecule has 1 aliphatic carbocycles. The number of carbonyl (C=O) groups excluding carboxylic acids is 1. The second-order valence-corrected chi connectivity index (χ2v) is 10.2. The number of hydrogen-bond donors (Lipinski definition) is 3. The zero-order valence-corrected chi connectivity index (χ0v) is 19.6. The maximum Gasteiger partial charge on any atom is 0.273 e. The van der Waals surface area contributed by atoms with Gasteiger partial charge in [0.05, 0.1) is 16.3 Å². The van der Waals surface area contributed by atoms with E-state index in [0.29, 0.717) is 17.7 Å². The van der Waals surface area contributed by atoms with Crippen LogP contribution >= 0.6 is 22.9 Å². The number of piperazine rings is 1. The summed E-state index contributed by atoms with van der Waals surface area (Å²) in [5, 5.41) is 19.3. The molecule has 0 atom stereocenters. The SMILES string of the molecule is CN1CCN(C(=O)c2cc(Nc3nc(N[C@H]4CC[C@H](O)CC4)c4sccc4n3)sn2)CC1. The van der Waals surface area contributed by atoms with E-state index in [9.17, 15) is 9.90 Å². The van der Waals surface area contributed by atoms with Gasteiger partial charge in [-0.3, -0.25) is 4.79 Å². The molecular weight excluding hydrogens is 446 g/mol. The highest BCUT2D eigenvalue weighted by molar-refractivity contribution is 7.17. The Labute approximate surface area is 194 Å². The third-order valence-electron chi connectivity index (χ3n) is 6.10. The number of aliphatic hydroxyl groups excluding tert-OH is 1. The van der Waals surface area contributed by atoms with E-state index < -0.39 is 0 Å². The van der Waals surface area contributed by atoms with Crippen molar-refractivity contribution < 1.29 is 9.90 Å². The van der Waals surface area contributed by atoms with Crippen molar-refractivity contribution in [1.29, 1.82) is 0 Å². The van der Waals surface area contributed by atoms with Crippen molar-refractivity contribution in [2.45, 2.75) is 37.8 Å². The minimum absolute atomic E-state index is 0.0292. The molecule has 0 spiro atoms. The van der Waals surface area contributed by atoms with Crippen molar-refractivity contribution >= 4 is 55.8 Å². The van der Waals surface area contributed by atoms with E-state index in [1.165, 1.54) is 11.5 Å². The van der Waals surface area contributed by atoms with Crippen LogP contribution in [0.5, 0.6) is 0 Å². The maximum absolute atomic E-state index is 12.8. The molecule has 0 bridgehead atoms. The number of thiophene rings is 1. The fourth-order valence-electron chi connectivity index (χ4n) is 4.15. The summed E-state index contributed by atoms with van der Waals surface area (Å²) >= 11 is 2.86. The van der Waals surface area contributed by atoms with Crippen LogP contribution in [-0.2, 0) is 0 Å². The van der Waals surface area contributed by atoms with Crippen molar-refractivity contribution in [1.82, 2.24) is 24.1 Å². The van der Waals surface area contributed by atoms with Crippen LogP contribution in [0.4, 0.5) is 16.8 Å². The number of rotatable bonds is 5. The Morgan fingerprint density at radius 3 is 2.72 bits per heavy atom. The van der Waals surface area contributed by atoms with E-state index in [1.807, 2.05) is 16.3 Å². The van der Waals surface area contributed by atoms with E-state index in [1.54, 1.807) is 17.4 Å². The molecule has 32 heavy (non-hydrogen) atoms. The van der Waals surface area contributed by atoms with Gasteiger partial charge in [-0.25, -0.2) is 4.98 Å². The van der Waals surface area contributed by atoms with Crippen LogP contribution in [0, 0.1) is 0 Å². The molecule has 2 aliphatic rings. The first-order valence-electron chi connectivity index (χ1n) is 11.0. The molecule has 3 aromatic rings. The Bertz CT molecular complexity index is 1080. The molecule has 3 aromatic heterocycles. The highest BCUT2D eigenvalue weighted by Gasteiger charge is 2.23. The quantitative estimate of drug-likeness (QED) is 0.519. The zero-order valence-electron chi connectivity index (χ0n) is 18.0. The van der Waals surface area contributed by atoms with E-state index in [-0.39, 0.29) is 12.0 Å². The van der Waals surface area contributed by atoms with E-state index >= 15 is 0 Å². The minimum atomic E-state index is -0.188. The van der Waals surface area contributed by atoms with Crippen molar-refractivity contribution in [3.63, 3.8) is 0 Å². The van der Waals surface area contributed by atoms with Crippen molar-refractivity contribution in [2.24, 2.45) is 0 Å². The fraction of sp³-hybridized carbons (Fsp3) is 0.524. The molecule has 0 radical (unpaired) electrons. The van der Waals surface area contributed by atoms with E-state index in [2.05, 4.69) is 31.9 Å². The van der Waals surface area contributed by atoms with Crippen LogP contribution in [-0.4, -0.2) is 80.5 Å². The number of nitrogens with zero attached hydrogens (tertiary/aromatic N) is 5. The average molecular weight is 474 g/mol. The first kappa shape index (κ1) is 21.5. The van der Waals surface area contributed by atoms with E-state index in [0.717, 1.165) is 72.9 Å². The highest BCUT2D eigenvalue weighted by atomic mass is 32.1. The molecule has 1 amide bonds. The molecule has 5 rings (SSSR count). The van der Waals surface area contributed by atoms with Crippen LogP contribution in [0.15, 0.2) is 17.5 Å². The lowest BCUT2D eigenvalue weighted by Gasteiger charge is -2.31. The molecule has 170 valence electrons. The van der Waals surface area contributed by atoms with Crippen LogP contribution in [0.1, 0.15) is 36.2 Å². The summed E-state index contributed by atoms with van der Waals surface area (Å²) in [5.74, 6) is 1.27. The Hall–Kier alpha value is -2.34. The smallest absolute Gasteiger partial charge is 0.273 e. The third-order valence-corrected chi connectivity index (χ3v) is 7.71. The molecule has 1 aliphatic heterocycles. The van der Waals surface area contributed by atoms with Gasteiger partial charge in [0.15, 0.2) is 0 Å². The van der Waals surface area contributed by atoms with Crippen LogP contribution < -0.4 is 10.6 Å². The molecule has 0 unspecified atom stereocenters. The molecule has 1 saturated carbocycles. The molecule has 1 saturated heterocycles. The number of aromatic nitrogens is 3. The summed E-state index contributed by atoms with van der Waals surface area (Å²) in [6.45, 7) is 3.21. The molecule has 2 fully saturated rings. The van der Waals surface area contributed by atoms with Crippen LogP contribution in [0.3, 0.4) is 0 Å². The number of aliphatic hydroxyl groups is 1. The van der Waals surface area contributed by atoms with Gasteiger partial charge in [0.25, 0.3) is 5.91 Å². The predicted molar refractivity (Wildman–Crippen MR) is 128 cm³/mol. The van der Waals surface area contributed by atoms with Gasteiger partial charge < -0.3 is 25.5 Å². The molecule has 9 nitrogen and oxygen atoms in total. The summed E-state index contributed by atoms with van der Waals surface area (Å²) in [4.78, 5) is 26.2. The standard InChI is InChI=1S/C21H27N7O2S2/c1-27-7-9-28(10-8-27)20(30)16-12-17(32-26-16)24-21-23-15-6-11-31-18(15)19(25-21)22-13-2-4-14(29)5-3-13/h6,11-14,29H,2-5,7-10H2,1H3,(H2,22,23,24,25)/t13-,14-. The predicted octanol–water partition coefficient (Wildman–Crippen LogP) is 2.99. The first-order valence-corrected chi connectivity index (χ1v) is 12.6. The average Bonchev–Trinajstić information content (AvgIpc) is 3.45. The van der Waals surface area contributed by atoms with Gasteiger partial charge in [0.2, 0.25) is 5.95 Å². The number of anilines is 3. The van der Waals surface area contributed by atoms with Gasteiger partial charge in [-0.2, -0.15) is 9.36 Å². The number of nitrogens with one attached hydrogen (secondary N) is 2. The third kappa shape index (κ3) is 4.70. The highest BCUT2D eigenvalue weighted by Crippen LogP contribution is 2.31. The van der Waals surface area contributed by atoms with Crippen LogP contribution in [0.2, 0.25) is 0 Å². The second kappa shape index (κ2) is 9.26. The molecule has 11 heteroatoms. The molecular formula is C21H27N7O2S2. The lowest BCUT2D eigenvalue weighted by Crippen LogP contribution is -2.47. The van der Waals surface area contributed by atoms with Crippen molar-refractivity contribution in [2.75, 3.05) is 43.9 Å². The summed E-state index contributed by atoms with van der Waals surface area (Å²) in [6.07, 6.45) is 3.28. The lowest BCUT2D eigenvalue weighted by molar-refractivity contribution is 0.0659. The minimum Gasteiger partial charge on any atom is -0.393 e. The molecule has 3 N–H and O–H groups in total. The van der Waals surface area contributed by atoms with Gasteiger partial charge in [0, 0.05) is 38.3 Å². The first-order chi connectivity index (χ1) is 15.5. The largest absolute Gasteiger partial charge is 0.393 e.